The second kappa shape index (κ2) is 13.4. The van der Waals surface area contributed by atoms with Crippen LogP contribution in [0.15, 0.2) is 24.3 Å². The number of rotatable bonds is 11. The molecule has 7 heteroatoms. The zero-order valence-corrected chi connectivity index (χ0v) is 22.7. The van der Waals surface area contributed by atoms with Crippen molar-refractivity contribution in [2.24, 2.45) is 5.73 Å². The fraction of sp³-hybridized carbons (Fsp3) is 0.655. The molecule has 7 nitrogen and oxygen atoms in total. The molecule has 2 aliphatic rings. The van der Waals surface area contributed by atoms with E-state index in [1.807, 2.05) is 0 Å². The number of ether oxygens (including phenoxy) is 1. The van der Waals surface area contributed by atoms with Gasteiger partial charge in [-0.1, -0.05) is 25.0 Å². The summed E-state index contributed by atoms with van der Waals surface area (Å²) in [5, 5.41) is 0. The van der Waals surface area contributed by atoms with Gasteiger partial charge in [0.05, 0.1) is 12.6 Å². The minimum atomic E-state index is -0.202. The molecule has 1 aliphatic heterocycles. The first-order valence-electron chi connectivity index (χ1n) is 13.9. The van der Waals surface area contributed by atoms with Crippen LogP contribution in [0.25, 0.3) is 0 Å². The average Bonchev–Trinajstić information content (AvgIpc) is 3.16. The van der Waals surface area contributed by atoms with Crippen molar-refractivity contribution in [2.75, 3.05) is 58.8 Å². The summed E-state index contributed by atoms with van der Waals surface area (Å²) in [6.07, 6.45) is 10.8. The third-order valence-electron chi connectivity index (χ3n) is 7.32. The number of nitrogens with two attached hydrogens (primary N) is 1. The van der Waals surface area contributed by atoms with Crippen LogP contribution >= 0.6 is 0 Å². The topological polar surface area (TPSA) is 70.8 Å². The van der Waals surface area contributed by atoms with Crippen LogP contribution in [0.5, 0.6) is 5.75 Å². The van der Waals surface area contributed by atoms with E-state index >= 15 is 0 Å². The van der Waals surface area contributed by atoms with Crippen LogP contribution in [0.4, 0.5) is 5.82 Å². The van der Waals surface area contributed by atoms with Gasteiger partial charge in [-0.25, -0.2) is 9.97 Å². The normalized spacial score (nSPS) is 17.2. The maximum atomic E-state index is 6.72. The van der Waals surface area contributed by atoms with Crippen molar-refractivity contribution < 1.29 is 4.74 Å². The molecule has 2 N–H and O–H groups in total. The van der Waals surface area contributed by atoms with Crippen LogP contribution in [0, 0.1) is 0 Å². The summed E-state index contributed by atoms with van der Waals surface area (Å²) in [6.45, 7) is 5.55. The van der Waals surface area contributed by atoms with Crippen LogP contribution in [0.2, 0.25) is 0 Å². The molecule has 1 aromatic carbocycles. The SMILES string of the molecule is CN(C)CCCOc1ccc(CN(C)CC(N)c2nc3c(c(N4CCCCCC4)n2)CCCC3)cc1. The molecule has 36 heavy (non-hydrogen) atoms. The summed E-state index contributed by atoms with van der Waals surface area (Å²) < 4.78 is 5.87. The zero-order chi connectivity index (χ0) is 25.3. The first-order chi connectivity index (χ1) is 17.5. The van der Waals surface area contributed by atoms with Gasteiger partial charge in [0.2, 0.25) is 0 Å². The lowest BCUT2D eigenvalue weighted by Gasteiger charge is -2.29. The molecule has 0 bridgehead atoms. The van der Waals surface area contributed by atoms with Gasteiger partial charge in [-0.15, -0.1) is 0 Å². The van der Waals surface area contributed by atoms with Crippen LogP contribution in [-0.2, 0) is 19.4 Å². The van der Waals surface area contributed by atoms with Crippen molar-refractivity contribution in [1.29, 1.82) is 0 Å². The highest BCUT2D eigenvalue weighted by atomic mass is 16.5. The predicted molar refractivity (Wildman–Crippen MR) is 148 cm³/mol. The van der Waals surface area contributed by atoms with E-state index in [0.717, 1.165) is 70.2 Å². The van der Waals surface area contributed by atoms with E-state index in [2.05, 4.69) is 60.1 Å². The van der Waals surface area contributed by atoms with E-state index in [9.17, 15) is 0 Å². The molecular formula is C29H46N6O. The Hall–Kier alpha value is -2.22. The minimum Gasteiger partial charge on any atom is -0.494 e. The molecule has 0 amide bonds. The Morgan fingerprint density at radius 1 is 0.944 bits per heavy atom. The molecule has 1 saturated heterocycles. The van der Waals surface area contributed by atoms with E-state index in [0.29, 0.717) is 0 Å². The van der Waals surface area contributed by atoms with E-state index in [1.165, 1.54) is 61.2 Å². The first-order valence-corrected chi connectivity index (χ1v) is 13.9. The number of benzene rings is 1. The molecule has 0 spiro atoms. The molecule has 2 heterocycles. The van der Waals surface area contributed by atoms with E-state index in [1.54, 1.807) is 0 Å². The van der Waals surface area contributed by atoms with E-state index in [4.69, 9.17) is 20.4 Å². The minimum absolute atomic E-state index is 0.202. The largest absolute Gasteiger partial charge is 0.494 e. The maximum Gasteiger partial charge on any atom is 0.149 e. The van der Waals surface area contributed by atoms with Gasteiger partial charge >= 0.3 is 0 Å². The monoisotopic (exact) mass is 494 g/mol. The average molecular weight is 495 g/mol. The summed E-state index contributed by atoms with van der Waals surface area (Å²) in [7, 11) is 6.30. The maximum absolute atomic E-state index is 6.72. The van der Waals surface area contributed by atoms with Crippen LogP contribution in [-0.4, -0.2) is 73.7 Å². The molecule has 198 valence electrons. The molecule has 2 aromatic rings. The highest BCUT2D eigenvalue weighted by Crippen LogP contribution is 2.30. The number of anilines is 1. The van der Waals surface area contributed by atoms with Crippen molar-refractivity contribution in [2.45, 2.75) is 70.4 Å². The molecule has 1 unspecified atom stereocenters. The third-order valence-corrected chi connectivity index (χ3v) is 7.32. The number of hydrogen-bond acceptors (Lipinski definition) is 7. The lowest BCUT2D eigenvalue weighted by atomic mass is 9.95. The van der Waals surface area contributed by atoms with Gasteiger partial charge < -0.3 is 25.2 Å². The molecule has 1 aromatic heterocycles. The van der Waals surface area contributed by atoms with Gasteiger partial charge in [-0.2, -0.15) is 0 Å². The standard InChI is InChI=1S/C29H46N6O/c1-33(2)17-10-20-36-24-15-13-23(14-16-24)21-34(3)22-26(30)28-31-27-12-7-6-11-25(27)29(32-28)35-18-8-4-5-9-19-35/h13-16,26H,4-12,17-22,30H2,1-3H3. The van der Waals surface area contributed by atoms with Crippen LogP contribution in [0.3, 0.4) is 0 Å². The van der Waals surface area contributed by atoms with Gasteiger partial charge in [0.25, 0.3) is 0 Å². The molecule has 0 saturated carbocycles. The van der Waals surface area contributed by atoms with Gasteiger partial charge in [0, 0.05) is 44.0 Å². The molecule has 1 atom stereocenters. The van der Waals surface area contributed by atoms with Crippen molar-refractivity contribution in [3.8, 4) is 5.75 Å². The highest BCUT2D eigenvalue weighted by Gasteiger charge is 2.24. The van der Waals surface area contributed by atoms with Crippen LogP contribution < -0.4 is 15.4 Å². The fourth-order valence-corrected chi connectivity index (χ4v) is 5.36. The lowest BCUT2D eigenvalue weighted by Crippen LogP contribution is -2.33. The number of aromatic nitrogens is 2. The molecule has 4 rings (SSSR count). The Kier molecular flexibility index (Phi) is 9.96. The zero-order valence-electron chi connectivity index (χ0n) is 22.7. The quantitative estimate of drug-likeness (QED) is 0.470. The molecular weight excluding hydrogens is 448 g/mol. The highest BCUT2D eigenvalue weighted by molar-refractivity contribution is 5.50. The summed E-state index contributed by atoms with van der Waals surface area (Å²) >= 11 is 0. The summed E-state index contributed by atoms with van der Waals surface area (Å²) in [5.41, 5.74) is 10.6. The van der Waals surface area contributed by atoms with Crippen molar-refractivity contribution >= 4 is 5.82 Å². The fourth-order valence-electron chi connectivity index (χ4n) is 5.36. The Labute approximate surface area is 218 Å². The Balaban J connectivity index is 1.36. The van der Waals surface area contributed by atoms with Crippen molar-refractivity contribution in [3.05, 3.63) is 46.9 Å². The smallest absolute Gasteiger partial charge is 0.149 e. The predicted octanol–water partition coefficient (Wildman–Crippen LogP) is 4.20. The van der Waals surface area contributed by atoms with E-state index < -0.39 is 0 Å². The number of likely N-dealkylation sites (N-methyl/N-ethyl adjacent to an activating group) is 1. The lowest BCUT2D eigenvalue weighted by molar-refractivity contribution is 0.281. The number of nitrogens with zero attached hydrogens (tertiary/aromatic N) is 5. The van der Waals surface area contributed by atoms with Crippen LogP contribution in [0.1, 0.15) is 73.6 Å². The number of aryl methyl sites for hydroxylation is 1. The summed E-state index contributed by atoms with van der Waals surface area (Å²) in [5.74, 6) is 2.92. The van der Waals surface area contributed by atoms with Gasteiger partial charge in [-0.05, 0) is 83.8 Å². The Morgan fingerprint density at radius 2 is 1.67 bits per heavy atom. The first kappa shape index (κ1) is 26.8. The Bertz CT molecular complexity index is 940. The van der Waals surface area contributed by atoms with Crippen molar-refractivity contribution in [1.82, 2.24) is 19.8 Å². The van der Waals surface area contributed by atoms with Gasteiger partial charge in [-0.3, -0.25) is 0 Å². The molecule has 0 radical (unpaired) electrons. The number of hydrogen-bond donors (Lipinski definition) is 1. The van der Waals surface area contributed by atoms with Gasteiger partial charge in [0.15, 0.2) is 0 Å². The molecule has 1 aliphatic carbocycles. The van der Waals surface area contributed by atoms with E-state index in [-0.39, 0.29) is 6.04 Å². The van der Waals surface area contributed by atoms with Crippen molar-refractivity contribution in [3.63, 3.8) is 0 Å². The third kappa shape index (κ3) is 7.64. The summed E-state index contributed by atoms with van der Waals surface area (Å²) in [6, 6.07) is 8.23. The number of fused-ring (bicyclic) bond motifs is 1. The Morgan fingerprint density at radius 3 is 2.39 bits per heavy atom. The second-order valence-corrected chi connectivity index (χ2v) is 10.9. The summed E-state index contributed by atoms with van der Waals surface area (Å²) in [4.78, 5) is 17.1. The molecule has 1 fully saturated rings. The van der Waals surface area contributed by atoms with Gasteiger partial charge in [0.1, 0.15) is 17.4 Å². The second-order valence-electron chi connectivity index (χ2n) is 10.9.